The SMILES string of the molecule is COc1cccc(NC(=O)Cn2c(=O)n(Cc3ccc(F)cc3)c(=O)c3sccc32)c1. The van der Waals surface area contributed by atoms with Gasteiger partial charge < -0.3 is 10.1 Å². The molecule has 0 aliphatic carbocycles. The van der Waals surface area contributed by atoms with E-state index >= 15 is 0 Å². The van der Waals surface area contributed by atoms with Crippen molar-refractivity contribution in [2.75, 3.05) is 12.4 Å². The highest BCUT2D eigenvalue weighted by Crippen LogP contribution is 2.18. The zero-order chi connectivity index (χ0) is 22.0. The second-order valence-electron chi connectivity index (χ2n) is 6.80. The van der Waals surface area contributed by atoms with Crippen LogP contribution >= 0.6 is 11.3 Å². The molecule has 158 valence electrons. The zero-order valence-electron chi connectivity index (χ0n) is 16.5. The molecular formula is C22H18FN3O4S. The molecule has 0 fully saturated rings. The van der Waals surface area contributed by atoms with Crippen molar-refractivity contribution in [2.24, 2.45) is 0 Å². The monoisotopic (exact) mass is 439 g/mol. The molecule has 31 heavy (non-hydrogen) atoms. The molecule has 4 aromatic rings. The van der Waals surface area contributed by atoms with Crippen LogP contribution in [-0.4, -0.2) is 22.2 Å². The third-order valence-corrected chi connectivity index (χ3v) is 5.64. The van der Waals surface area contributed by atoms with E-state index in [4.69, 9.17) is 4.74 Å². The van der Waals surface area contributed by atoms with Crippen LogP contribution in [0, 0.1) is 5.82 Å². The molecule has 4 rings (SSSR count). The summed E-state index contributed by atoms with van der Waals surface area (Å²) in [5.74, 6) is -0.241. The van der Waals surface area contributed by atoms with Gasteiger partial charge in [-0.3, -0.25) is 18.7 Å². The molecule has 1 amide bonds. The highest BCUT2D eigenvalue weighted by atomic mass is 32.1. The van der Waals surface area contributed by atoms with Crippen LogP contribution in [0.25, 0.3) is 10.2 Å². The van der Waals surface area contributed by atoms with Gasteiger partial charge in [0.15, 0.2) is 0 Å². The molecule has 2 heterocycles. The Kier molecular flexibility index (Phi) is 5.68. The van der Waals surface area contributed by atoms with E-state index in [2.05, 4.69) is 5.32 Å². The molecule has 1 N–H and O–H groups in total. The summed E-state index contributed by atoms with van der Waals surface area (Å²) in [7, 11) is 1.53. The van der Waals surface area contributed by atoms with Crippen molar-refractivity contribution in [3.63, 3.8) is 0 Å². The van der Waals surface area contributed by atoms with Crippen LogP contribution in [0.3, 0.4) is 0 Å². The van der Waals surface area contributed by atoms with Crippen LogP contribution in [-0.2, 0) is 17.9 Å². The minimum atomic E-state index is -0.610. The molecule has 0 unspecified atom stereocenters. The number of nitrogens with one attached hydrogen (secondary N) is 1. The number of ether oxygens (including phenoxy) is 1. The van der Waals surface area contributed by atoms with Crippen molar-refractivity contribution in [1.82, 2.24) is 9.13 Å². The average molecular weight is 439 g/mol. The third-order valence-electron chi connectivity index (χ3n) is 4.75. The number of carbonyl (C=O) groups excluding carboxylic acids is 1. The summed E-state index contributed by atoms with van der Waals surface area (Å²) in [4.78, 5) is 38.6. The Morgan fingerprint density at radius 1 is 1.10 bits per heavy atom. The number of hydrogen-bond acceptors (Lipinski definition) is 5. The van der Waals surface area contributed by atoms with E-state index in [0.29, 0.717) is 27.2 Å². The number of anilines is 1. The Labute approximate surface area is 180 Å². The Morgan fingerprint density at radius 2 is 1.87 bits per heavy atom. The van der Waals surface area contributed by atoms with Gasteiger partial charge in [-0.15, -0.1) is 11.3 Å². The summed E-state index contributed by atoms with van der Waals surface area (Å²) in [5, 5.41) is 4.43. The quantitative estimate of drug-likeness (QED) is 0.501. The van der Waals surface area contributed by atoms with Gasteiger partial charge in [0.1, 0.15) is 22.8 Å². The lowest BCUT2D eigenvalue weighted by Gasteiger charge is -2.13. The van der Waals surface area contributed by atoms with Gasteiger partial charge in [-0.1, -0.05) is 18.2 Å². The first-order valence-electron chi connectivity index (χ1n) is 9.35. The van der Waals surface area contributed by atoms with E-state index in [1.54, 1.807) is 35.7 Å². The predicted octanol–water partition coefficient (Wildman–Crippen LogP) is 3.06. The third kappa shape index (κ3) is 4.26. The van der Waals surface area contributed by atoms with E-state index in [1.165, 1.54) is 47.3 Å². The molecule has 0 radical (unpaired) electrons. The van der Waals surface area contributed by atoms with Crippen LogP contribution in [0.1, 0.15) is 5.56 Å². The van der Waals surface area contributed by atoms with Gasteiger partial charge in [0, 0.05) is 11.8 Å². The largest absolute Gasteiger partial charge is 0.497 e. The van der Waals surface area contributed by atoms with E-state index in [-0.39, 0.29) is 13.1 Å². The summed E-state index contributed by atoms with van der Waals surface area (Å²) in [6, 6.07) is 14.1. The number of carbonyl (C=O) groups is 1. The molecule has 0 bridgehead atoms. The molecule has 2 aromatic carbocycles. The number of thiophene rings is 1. The molecule has 2 aromatic heterocycles. The average Bonchev–Trinajstić information content (AvgIpc) is 3.26. The summed E-state index contributed by atoms with van der Waals surface area (Å²) >= 11 is 1.20. The lowest BCUT2D eigenvalue weighted by molar-refractivity contribution is -0.116. The maximum atomic E-state index is 13.2. The Hall–Kier alpha value is -3.72. The fraction of sp³-hybridized carbons (Fsp3) is 0.136. The molecule has 0 aliphatic rings. The first-order chi connectivity index (χ1) is 15.0. The Morgan fingerprint density at radius 3 is 2.61 bits per heavy atom. The lowest BCUT2D eigenvalue weighted by Crippen LogP contribution is -2.41. The van der Waals surface area contributed by atoms with Gasteiger partial charge >= 0.3 is 5.69 Å². The van der Waals surface area contributed by atoms with Crippen molar-refractivity contribution in [1.29, 1.82) is 0 Å². The van der Waals surface area contributed by atoms with Crippen LogP contribution < -0.4 is 21.3 Å². The zero-order valence-corrected chi connectivity index (χ0v) is 17.3. The molecule has 0 saturated carbocycles. The normalized spacial score (nSPS) is 10.9. The highest BCUT2D eigenvalue weighted by molar-refractivity contribution is 7.17. The van der Waals surface area contributed by atoms with Crippen LogP contribution in [0.2, 0.25) is 0 Å². The minimum Gasteiger partial charge on any atom is -0.497 e. The predicted molar refractivity (Wildman–Crippen MR) is 117 cm³/mol. The van der Waals surface area contributed by atoms with Gasteiger partial charge in [0.25, 0.3) is 5.56 Å². The molecule has 0 saturated heterocycles. The standard InChI is InChI=1S/C22H18FN3O4S/c1-30-17-4-2-3-16(11-17)24-19(27)13-25-18-9-10-31-20(18)21(28)26(22(25)29)12-14-5-7-15(23)8-6-14/h2-11H,12-13H2,1H3,(H,24,27). The maximum absolute atomic E-state index is 13.2. The van der Waals surface area contributed by atoms with Crippen molar-refractivity contribution < 1.29 is 13.9 Å². The molecule has 7 nitrogen and oxygen atoms in total. The second-order valence-corrected chi connectivity index (χ2v) is 7.72. The number of aromatic nitrogens is 2. The number of methoxy groups -OCH3 is 1. The first-order valence-corrected chi connectivity index (χ1v) is 10.2. The fourth-order valence-corrected chi connectivity index (χ4v) is 4.09. The number of hydrogen-bond donors (Lipinski definition) is 1. The van der Waals surface area contributed by atoms with Crippen molar-refractivity contribution >= 4 is 33.1 Å². The van der Waals surface area contributed by atoms with E-state index in [1.807, 2.05) is 0 Å². The second kappa shape index (κ2) is 8.57. The van der Waals surface area contributed by atoms with Gasteiger partial charge in [0.2, 0.25) is 5.91 Å². The fourth-order valence-electron chi connectivity index (χ4n) is 3.24. The Balaban J connectivity index is 1.69. The van der Waals surface area contributed by atoms with Gasteiger partial charge in [-0.05, 0) is 41.3 Å². The smallest absolute Gasteiger partial charge is 0.332 e. The van der Waals surface area contributed by atoms with E-state index in [9.17, 15) is 18.8 Å². The number of benzene rings is 2. The molecule has 0 atom stereocenters. The number of amides is 1. The minimum absolute atomic E-state index is 0.0245. The lowest BCUT2D eigenvalue weighted by atomic mass is 10.2. The molecule has 0 spiro atoms. The number of halogens is 1. The summed E-state index contributed by atoms with van der Waals surface area (Å²) in [6.07, 6.45) is 0. The highest BCUT2D eigenvalue weighted by Gasteiger charge is 2.17. The summed E-state index contributed by atoms with van der Waals surface area (Å²) in [6.45, 7) is -0.295. The number of nitrogens with zero attached hydrogens (tertiary/aromatic N) is 2. The maximum Gasteiger partial charge on any atom is 0.332 e. The van der Waals surface area contributed by atoms with Crippen molar-refractivity contribution in [2.45, 2.75) is 13.1 Å². The molecule has 0 aliphatic heterocycles. The van der Waals surface area contributed by atoms with Crippen molar-refractivity contribution in [3.8, 4) is 5.75 Å². The summed E-state index contributed by atoms with van der Waals surface area (Å²) < 4.78 is 21.0. The topological polar surface area (TPSA) is 82.3 Å². The first kappa shape index (κ1) is 20.5. The van der Waals surface area contributed by atoms with Crippen LogP contribution in [0.5, 0.6) is 5.75 Å². The molecular weight excluding hydrogens is 421 g/mol. The Bertz CT molecular complexity index is 1370. The van der Waals surface area contributed by atoms with Crippen LogP contribution in [0.15, 0.2) is 69.6 Å². The van der Waals surface area contributed by atoms with E-state index in [0.717, 1.165) is 4.57 Å². The number of fused-ring (bicyclic) bond motifs is 1. The van der Waals surface area contributed by atoms with Gasteiger partial charge in [-0.25, -0.2) is 9.18 Å². The van der Waals surface area contributed by atoms with Gasteiger partial charge in [0.05, 0.1) is 19.2 Å². The molecule has 9 heteroatoms. The van der Waals surface area contributed by atoms with E-state index < -0.39 is 23.0 Å². The van der Waals surface area contributed by atoms with Gasteiger partial charge in [-0.2, -0.15) is 0 Å². The van der Waals surface area contributed by atoms with Crippen LogP contribution in [0.4, 0.5) is 10.1 Å². The number of rotatable bonds is 6. The summed E-state index contributed by atoms with van der Waals surface area (Å²) in [5.41, 5.74) is 0.475. The van der Waals surface area contributed by atoms with Crippen molar-refractivity contribution in [3.05, 3.63) is 92.2 Å².